The second-order valence-electron chi connectivity index (χ2n) is 7.68. The minimum atomic E-state index is 0. The zero-order chi connectivity index (χ0) is 21.6. The van der Waals surface area contributed by atoms with E-state index in [2.05, 4.69) is 10.6 Å². The molecule has 2 N–H and O–H groups in total. The van der Waals surface area contributed by atoms with E-state index in [-0.39, 0.29) is 24.0 Å². The van der Waals surface area contributed by atoms with Crippen LogP contribution < -0.4 is 15.4 Å². The number of furan rings is 1. The van der Waals surface area contributed by atoms with Gasteiger partial charge in [-0.05, 0) is 55.0 Å². The Hall–Kier alpha value is -1.78. The number of aliphatic imine (C=N–C) groups is 1. The molecule has 0 atom stereocenters. The Labute approximate surface area is 208 Å². The van der Waals surface area contributed by atoms with Gasteiger partial charge in [0.25, 0.3) is 0 Å². The number of hydrogen-bond donors (Lipinski definition) is 2. The maximum Gasteiger partial charge on any atom is 0.191 e. The Bertz CT molecular complexity index is 747. The highest BCUT2D eigenvalue weighted by Gasteiger charge is 2.13. The minimum Gasteiger partial charge on any atom is -0.497 e. The standard InChI is InChI=1S/C24H35N3O4.HI/c1-28-22-7-5-20(6-8-22)18-27-24(26-13-9-23-4-2-15-31-23)25-12-3-14-30-19-21-10-16-29-17-11-21;/h2,4-8,15,21H,3,9-14,16-19H2,1H3,(H2,25,26,27);1H. The van der Waals surface area contributed by atoms with Crippen LogP contribution >= 0.6 is 24.0 Å². The normalized spacial score (nSPS) is 14.6. The maximum atomic E-state index is 5.86. The molecule has 1 saturated heterocycles. The molecular weight excluding hydrogens is 521 g/mol. The minimum absolute atomic E-state index is 0. The number of ether oxygens (including phenoxy) is 3. The quantitative estimate of drug-likeness (QED) is 0.178. The van der Waals surface area contributed by atoms with Gasteiger partial charge in [0.1, 0.15) is 11.5 Å². The molecule has 0 saturated carbocycles. The summed E-state index contributed by atoms with van der Waals surface area (Å²) >= 11 is 0. The Morgan fingerprint density at radius 2 is 1.88 bits per heavy atom. The van der Waals surface area contributed by atoms with Crippen LogP contribution in [0.4, 0.5) is 0 Å². The van der Waals surface area contributed by atoms with Gasteiger partial charge in [-0.3, -0.25) is 0 Å². The van der Waals surface area contributed by atoms with Gasteiger partial charge < -0.3 is 29.3 Å². The van der Waals surface area contributed by atoms with Gasteiger partial charge in [-0.1, -0.05) is 12.1 Å². The number of nitrogens with one attached hydrogen (secondary N) is 2. The van der Waals surface area contributed by atoms with E-state index >= 15 is 0 Å². The van der Waals surface area contributed by atoms with Crippen LogP contribution in [-0.4, -0.2) is 52.6 Å². The zero-order valence-corrected chi connectivity index (χ0v) is 21.2. The molecule has 1 aliphatic rings. The predicted octanol–water partition coefficient (Wildman–Crippen LogP) is 4.02. The van der Waals surface area contributed by atoms with Gasteiger partial charge in [0.15, 0.2) is 5.96 Å². The second kappa shape index (κ2) is 15.9. The van der Waals surface area contributed by atoms with Gasteiger partial charge in [0.2, 0.25) is 0 Å². The first-order valence-corrected chi connectivity index (χ1v) is 11.2. The number of hydrogen-bond acceptors (Lipinski definition) is 5. The molecule has 1 aromatic carbocycles. The lowest BCUT2D eigenvalue weighted by Crippen LogP contribution is -2.39. The third-order valence-electron chi connectivity index (χ3n) is 5.28. The van der Waals surface area contributed by atoms with E-state index in [9.17, 15) is 0 Å². The summed E-state index contributed by atoms with van der Waals surface area (Å²) in [6.45, 7) is 5.48. The Balaban J connectivity index is 0.00000363. The molecule has 32 heavy (non-hydrogen) atoms. The fourth-order valence-electron chi connectivity index (χ4n) is 3.38. The summed E-state index contributed by atoms with van der Waals surface area (Å²) in [5.41, 5.74) is 1.13. The molecule has 7 nitrogen and oxygen atoms in total. The van der Waals surface area contributed by atoms with Crippen molar-refractivity contribution in [1.29, 1.82) is 0 Å². The second-order valence-corrected chi connectivity index (χ2v) is 7.68. The van der Waals surface area contributed by atoms with Crippen molar-refractivity contribution in [3.63, 3.8) is 0 Å². The molecule has 1 aromatic heterocycles. The monoisotopic (exact) mass is 557 g/mol. The lowest BCUT2D eigenvalue weighted by molar-refractivity contribution is 0.0203. The number of nitrogens with zero attached hydrogens (tertiary/aromatic N) is 1. The molecule has 1 fully saturated rings. The summed E-state index contributed by atoms with van der Waals surface area (Å²) in [4.78, 5) is 4.73. The predicted molar refractivity (Wildman–Crippen MR) is 137 cm³/mol. The fraction of sp³-hybridized carbons (Fsp3) is 0.542. The molecular formula is C24H36IN3O4. The van der Waals surface area contributed by atoms with Crippen molar-refractivity contribution in [1.82, 2.24) is 10.6 Å². The lowest BCUT2D eigenvalue weighted by Gasteiger charge is -2.21. The van der Waals surface area contributed by atoms with Gasteiger partial charge in [-0.25, -0.2) is 4.99 Å². The van der Waals surface area contributed by atoms with Crippen LogP contribution in [0.5, 0.6) is 5.75 Å². The van der Waals surface area contributed by atoms with Crippen LogP contribution in [-0.2, 0) is 22.4 Å². The van der Waals surface area contributed by atoms with Gasteiger partial charge in [0, 0.05) is 45.9 Å². The van der Waals surface area contributed by atoms with Crippen LogP contribution in [0, 0.1) is 5.92 Å². The SMILES string of the molecule is COc1ccc(CN=C(NCCCOCC2CCOCC2)NCCc2ccco2)cc1.I. The largest absolute Gasteiger partial charge is 0.497 e. The molecule has 0 unspecified atom stereocenters. The fourth-order valence-corrected chi connectivity index (χ4v) is 3.38. The van der Waals surface area contributed by atoms with Crippen molar-refractivity contribution in [2.75, 3.05) is 46.6 Å². The van der Waals surface area contributed by atoms with Crippen LogP contribution in [0.25, 0.3) is 0 Å². The first kappa shape index (κ1) is 26.5. The van der Waals surface area contributed by atoms with Crippen molar-refractivity contribution < 1.29 is 18.6 Å². The number of benzene rings is 1. The number of methoxy groups -OCH3 is 1. The third-order valence-corrected chi connectivity index (χ3v) is 5.28. The molecule has 3 rings (SSSR count). The molecule has 2 aromatic rings. The summed E-state index contributed by atoms with van der Waals surface area (Å²) in [5, 5.41) is 6.81. The maximum absolute atomic E-state index is 5.86. The highest BCUT2D eigenvalue weighted by atomic mass is 127. The van der Waals surface area contributed by atoms with E-state index in [0.717, 1.165) is 88.2 Å². The molecule has 178 valence electrons. The van der Waals surface area contributed by atoms with Gasteiger partial charge >= 0.3 is 0 Å². The van der Waals surface area contributed by atoms with Crippen molar-refractivity contribution in [3.05, 3.63) is 54.0 Å². The van der Waals surface area contributed by atoms with E-state index in [1.807, 2.05) is 36.4 Å². The topological polar surface area (TPSA) is 77.2 Å². The van der Waals surface area contributed by atoms with Crippen LogP contribution in [0.3, 0.4) is 0 Å². The van der Waals surface area contributed by atoms with Crippen LogP contribution in [0.15, 0.2) is 52.1 Å². The number of guanidine groups is 1. The number of halogens is 1. The summed E-state index contributed by atoms with van der Waals surface area (Å²) in [6, 6.07) is 11.9. The van der Waals surface area contributed by atoms with Crippen molar-refractivity contribution in [2.45, 2.75) is 32.2 Å². The average molecular weight is 557 g/mol. The molecule has 0 amide bonds. The molecule has 8 heteroatoms. The summed E-state index contributed by atoms with van der Waals surface area (Å²) < 4.78 is 21.9. The Morgan fingerprint density at radius 1 is 1.09 bits per heavy atom. The molecule has 2 heterocycles. The van der Waals surface area contributed by atoms with Crippen molar-refractivity contribution in [3.8, 4) is 5.75 Å². The highest BCUT2D eigenvalue weighted by Crippen LogP contribution is 2.14. The lowest BCUT2D eigenvalue weighted by atomic mass is 10.0. The van der Waals surface area contributed by atoms with Crippen molar-refractivity contribution >= 4 is 29.9 Å². The van der Waals surface area contributed by atoms with E-state index in [1.165, 1.54) is 0 Å². The zero-order valence-electron chi connectivity index (χ0n) is 18.9. The summed E-state index contributed by atoms with van der Waals surface area (Å²) in [5.74, 6) is 3.25. The molecule has 0 bridgehead atoms. The Kier molecular flexibility index (Phi) is 13.2. The molecule has 0 radical (unpaired) electrons. The van der Waals surface area contributed by atoms with Crippen molar-refractivity contribution in [2.24, 2.45) is 10.9 Å². The van der Waals surface area contributed by atoms with E-state index in [1.54, 1.807) is 13.4 Å². The molecule has 0 aliphatic carbocycles. The van der Waals surface area contributed by atoms with E-state index < -0.39 is 0 Å². The van der Waals surface area contributed by atoms with Crippen LogP contribution in [0.2, 0.25) is 0 Å². The van der Waals surface area contributed by atoms with Gasteiger partial charge in [-0.2, -0.15) is 0 Å². The summed E-state index contributed by atoms with van der Waals surface area (Å²) in [7, 11) is 1.67. The van der Waals surface area contributed by atoms with Gasteiger partial charge in [-0.15, -0.1) is 24.0 Å². The number of rotatable bonds is 12. The van der Waals surface area contributed by atoms with E-state index in [4.69, 9.17) is 23.6 Å². The first-order valence-electron chi connectivity index (χ1n) is 11.2. The smallest absolute Gasteiger partial charge is 0.191 e. The highest BCUT2D eigenvalue weighted by molar-refractivity contribution is 14.0. The molecule has 0 spiro atoms. The average Bonchev–Trinajstić information content (AvgIpc) is 3.34. The van der Waals surface area contributed by atoms with Gasteiger partial charge in [0.05, 0.1) is 19.9 Å². The summed E-state index contributed by atoms with van der Waals surface area (Å²) in [6.07, 6.45) is 5.67. The Morgan fingerprint density at radius 3 is 2.59 bits per heavy atom. The third kappa shape index (κ3) is 10.2. The van der Waals surface area contributed by atoms with Crippen LogP contribution in [0.1, 0.15) is 30.6 Å². The molecule has 1 aliphatic heterocycles. The van der Waals surface area contributed by atoms with E-state index in [0.29, 0.717) is 12.5 Å². The first-order chi connectivity index (χ1) is 15.3.